The zero-order valence-corrected chi connectivity index (χ0v) is 13.0. The van der Waals surface area contributed by atoms with Gasteiger partial charge in [0.1, 0.15) is 0 Å². The van der Waals surface area contributed by atoms with Crippen LogP contribution in [-0.2, 0) is 4.74 Å². The number of hydrogen-bond acceptors (Lipinski definition) is 7. The van der Waals surface area contributed by atoms with E-state index in [0.29, 0.717) is 0 Å². The molecule has 2 saturated heterocycles. The fourth-order valence-corrected chi connectivity index (χ4v) is 3.02. The molecule has 0 bridgehead atoms. The second-order valence-electron chi connectivity index (χ2n) is 5.90. The number of morpholine rings is 1. The summed E-state index contributed by atoms with van der Waals surface area (Å²) in [6.45, 7) is 8.60. The van der Waals surface area contributed by atoms with Gasteiger partial charge in [-0.3, -0.25) is 9.80 Å². The number of ether oxygens (including phenoxy) is 1. The molecular formula is C15H25N5O2. The van der Waals surface area contributed by atoms with Crippen LogP contribution in [0.2, 0.25) is 0 Å². The van der Waals surface area contributed by atoms with Gasteiger partial charge >= 0.3 is 0 Å². The minimum atomic E-state index is -0.294. The van der Waals surface area contributed by atoms with Gasteiger partial charge in [0, 0.05) is 64.8 Å². The molecule has 122 valence electrons. The Morgan fingerprint density at radius 2 is 1.55 bits per heavy atom. The van der Waals surface area contributed by atoms with Crippen LogP contribution in [0.4, 0.5) is 5.95 Å². The molecule has 2 aliphatic rings. The predicted molar refractivity (Wildman–Crippen MR) is 84.0 cm³/mol. The molecule has 2 fully saturated rings. The summed E-state index contributed by atoms with van der Waals surface area (Å²) < 4.78 is 5.33. The highest BCUT2D eigenvalue weighted by Gasteiger charge is 2.22. The molecule has 3 heterocycles. The van der Waals surface area contributed by atoms with Gasteiger partial charge < -0.3 is 14.7 Å². The van der Waals surface area contributed by atoms with Crippen molar-refractivity contribution in [2.75, 3.05) is 70.5 Å². The van der Waals surface area contributed by atoms with Crippen molar-refractivity contribution in [3.05, 3.63) is 18.5 Å². The summed E-state index contributed by atoms with van der Waals surface area (Å²) in [5, 5.41) is 10.3. The maximum absolute atomic E-state index is 10.3. The van der Waals surface area contributed by atoms with Crippen molar-refractivity contribution in [3.63, 3.8) is 0 Å². The molecule has 3 rings (SSSR count). The first-order valence-corrected chi connectivity index (χ1v) is 8.04. The van der Waals surface area contributed by atoms with E-state index in [9.17, 15) is 5.11 Å². The highest BCUT2D eigenvalue weighted by atomic mass is 16.5. The molecule has 0 radical (unpaired) electrons. The lowest BCUT2D eigenvalue weighted by molar-refractivity contribution is 0.00654. The quantitative estimate of drug-likeness (QED) is 0.771. The monoisotopic (exact) mass is 307 g/mol. The largest absolute Gasteiger partial charge is 0.390 e. The first-order chi connectivity index (χ1) is 10.8. The van der Waals surface area contributed by atoms with E-state index < -0.39 is 0 Å². The van der Waals surface area contributed by atoms with Crippen LogP contribution >= 0.6 is 0 Å². The average molecular weight is 307 g/mol. The second-order valence-corrected chi connectivity index (χ2v) is 5.90. The highest BCUT2D eigenvalue weighted by Crippen LogP contribution is 2.10. The molecule has 1 atom stereocenters. The zero-order valence-electron chi connectivity index (χ0n) is 13.0. The number of piperazine rings is 1. The van der Waals surface area contributed by atoms with Gasteiger partial charge in [-0.25, -0.2) is 9.97 Å². The first-order valence-electron chi connectivity index (χ1n) is 8.04. The third-order valence-corrected chi connectivity index (χ3v) is 4.25. The van der Waals surface area contributed by atoms with Gasteiger partial charge in [-0.2, -0.15) is 0 Å². The van der Waals surface area contributed by atoms with Crippen LogP contribution < -0.4 is 4.90 Å². The molecule has 2 aliphatic heterocycles. The third kappa shape index (κ3) is 4.36. The maximum Gasteiger partial charge on any atom is 0.225 e. The Hall–Kier alpha value is -1.28. The van der Waals surface area contributed by atoms with Crippen molar-refractivity contribution < 1.29 is 9.84 Å². The fourth-order valence-electron chi connectivity index (χ4n) is 3.02. The fraction of sp³-hybridized carbons (Fsp3) is 0.733. The van der Waals surface area contributed by atoms with Crippen molar-refractivity contribution in [3.8, 4) is 0 Å². The topological polar surface area (TPSA) is 65.0 Å². The lowest BCUT2D eigenvalue weighted by Crippen LogP contribution is -2.51. The summed E-state index contributed by atoms with van der Waals surface area (Å²) in [4.78, 5) is 15.4. The Bertz CT molecular complexity index is 433. The van der Waals surface area contributed by atoms with Gasteiger partial charge in [-0.1, -0.05) is 0 Å². The second kappa shape index (κ2) is 7.82. The number of anilines is 1. The van der Waals surface area contributed by atoms with Gasteiger partial charge in [-0.05, 0) is 6.07 Å². The molecule has 1 aromatic heterocycles. The van der Waals surface area contributed by atoms with Crippen LogP contribution in [0.3, 0.4) is 0 Å². The van der Waals surface area contributed by atoms with Crippen LogP contribution in [0, 0.1) is 0 Å². The molecule has 0 saturated carbocycles. The minimum absolute atomic E-state index is 0.294. The van der Waals surface area contributed by atoms with E-state index in [1.807, 2.05) is 6.07 Å². The van der Waals surface area contributed by atoms with Crippen molar-refractivity contribution in [2.45, 2.75) is 6.10 Å². The van der Waals surface area contributed by atoms with Gasteiger partial charge in [-0.15, -0.1) is 0 Å². The van der Waals surface area contributed by atoms with E-state index in [-0.39, 0.29) is 6.10 Å². The van der Waals surface area contributed by atoms with E-state index in [0.717, 1.165) is 71.5 Å². The van der Waals surface area contributed by atoms with Crippen LogP contribution in [-0.4, -0.2) is 96.6 Å². The highest BCUT2D eigenvalue weighted by molar-refractivity contribution is 5.29. The van der Waals surface area contributed by atoms with Gasteiger partial charge in [0.15, 0.2) is 0 Å². The summed E-state index contributed by atoms with van der Waals surface area (Å²) >= 11 is 0. The van der Waals surface area contributed by atoms with E-state index >= 15 is 0 Å². The molecule has 1 aromatic rings. The molecule has 7 heteroatoms. The lowest BCUT2D eigenvalue weighted by Gasteiger charge is -2.36. The molecule has 0 aromatic carbocycles. The van der Waals surface area contributed by atoms with Crippen molar-refractivity contribution in [1.82, 2.24) is 19.8 Å². The number of nitrogens with zero attached hydrogens (tertiary/aromatic N) is 5. The Labute approximate surface area is 131 Å². The Balaban J connectivity index is 1.39. The van der Waals surface area contributed by atoms with Crippen LogP contribution in [0.1, 0.15) is 0 Å². The Morgan fingerprint density at radius 1 is 0.955 bits per heavy atom. The molecule has 0 spiro atoms. The number of rotatable bonds is 5. The zero-order chi connectivity index (χ0) is 15.2. The van der Waals surface area contributed by atoms with Crippen molar-refractivity contribution in [1.29, 1.82) is 0 Å². The maximum atomic E-state index is 10.3. The normalized spacial score (nSPS) is 22.7. The summed E-state index contributed by atoms with van der Waals surface area (Å²) in [5.74, 6) is 0.802. The minimum Gasteiger partial charge on any atom is -0.390 e. The SMILES string of the molecule is O[C@@H](CN1CCOCC1)CN1CCN(c2ncccn2)CC1. The molecule has 7 nitrogen and oxygen atoms in total. The smallest absolute Gasteiger partial charge is 0.225 e. The van der Waals surface area contributed by atoms with E-state index in [4.69, 9.17) is 4.74 Å². The predicted octanol–water partition coefficient (Wildman–Crippen LogP) is -0.708. The number of aliphatic hydroxyl groups is 1. The standard InChI is InChI=1S/C15H25N5O2/c21-14(13-19-8-10-22-11-9-19)12-18-4-6-20(7-5-18)15-16-2-1-3-17-15/h1-3,14,21H,4-13H2/t14-/m1/s1. The van der Waals surface area contributed by atoms with Crippen LogP contribution in [0.25, 0.3) is 0 Å². The molecule has 0 amide bonds. The summed E-state index contributed by atoms with van der Waals surface area (Å²) in [6, 6.07) is 1.84. The van der Waals surface area contributed by atoms with Crippen LogP contribution in [0.5, 0.6) is 0 Å². The first kappa shape index (κ1) is 15.6. The van der Waals surface area contributed by atoms with E-state index in [2.05, 4.69) is 24.7 Å². The summed E-state index contributed by atoms with van der Waals surface area (Å²) in [5.41, 5.74) is 0. The van der Waals surface area contributed by atoms with Gasteiger partial charge in [0.25, 0.3) is 0 Å². The number of hydrogen-bond donors (Lipinski definition) is 1. The van der Waals surface area contributed by atoms with Crippen molar-refractivity contribution in [2.24, 2.45) is 0 Å². The number of β-amino-alcohol motifs (C(OH)–C–C–N with tert-alkyl or cyclic N) is 1. The number of aromatic nitrogens is 2. The molecule has 22 heavy (non-hydrogen) atoms. The van der Waals surface area contributed by atoms with Crippen molar-refractivity contribution >= 4 is 5.95 Å². The third-order valence-electron chi connectivity index (χ3n) is 4.25. The van der Waals surface area contributed by atoms with Gasteiger partial charge in [0.2, 0.25) is 5.95 Å². The van der Waals surface area contributed by atoms with Crippen LogP contribution in [0.15, 0.2) is 18.5 Å². The van der Waals surface area contributed by atoms with E-state index in [1.165, 1.54) is 0 Å². The summed E-state index contributed by atoms with van der Waals surface area (Å²) in [6.07, 6.45) is 3.26. The van der Waals surface area contributed by atoms with Gasteiger partial charge in [0.05, 0.1) is 19.3 Å². The number of aliphatic hydroxyl groups excluding tert-OH is 1. The summed E-state index contributed by atoms with van der Waals surface area (Å²) in [7, 11) is 0. The lowest BCUT2D eigenvalue weighted by atomic mass is 10.2. The molecule has 0 unspecified atom stereocenters. The van der Waals surface area contributed by atoms with E-state index in [1.54, 1.807) is 12.4 Å². The Morgan fingerprint density at radius 3 is 2.18 bits per heavy atom. The Kier molecular flexibility index (Phi) is 5.55. The molecule has 0 aliphatic carbocycles. The molecular weight excluding hydrogens is 282 g/mol. The molecule has 1 N–H and O–H groups in total. The average Bonchev–Trinajstić information content (AvgIpc) is 2.57.